The second kappa shape index (κ2) is 5.29. The van der Waals surface area contributed by atoms with Crippen molar-refractivity contribution in [3.05, 3.63) is 22.2 Å². The Bertz CT molecular complexity index is 318. The highest BCUT2D eigenvalue weighted by molar-refractivity contribution is 6.36. The zero-order valence-electron chi connectivity index (χ0n) is 7.81. The van der Waals surface area contributed by atoms with E-state index in [1.54, 1.807) is 19.2 Å². The van der Waals surface area contributed by atoms with E-state index in [4.69, 9.17) is 33.7 Å². The van der Waals surface area contributed by atoms with Crippen LogP contribution in [-0.2, 0) is 0 Å². The molecule has 0 bridgehead atoms. The highest BCUT2D eigenvalue weighted by Gasteiger charge is 2.08. The van der Waals surface area contributed by atoms with Crippen molar-refractivity contribution in [1.29, 1.82) is 0 Å². The fourth-order valence-corrected chi connectivity index (χ4v) is 1.68. The van der Waals surface area contributed by atoms with E-state index < -0.39 is 0 Å². The van der Waals surface area contributed by atoms with Crippen LogP contribution in [0.5, 0.6) is 5.75 Å². The minimum absolute atomic E-state index is 0.486. The molecule has 14 heavy (non-hydrogen) atoms. The summed E-state index contributed by atoms with van der Waals surface area (Å²) in [5.74, 6) is 0.588. The molecule has 78 valence electrons. The van der Waals surface area contributed by atoms with Crippen LogP contribution in [0.4, 0.5) is 5.69 Å². The normalized spacial score (nSPS) is 10.0. The van der Waals surface area contributed by atoms with Gasteiger partial charge in [0.05, 0.1) is 17.8 Å². The Hall–Kier alpha value is -0.640. The average molecular weight is 235 g/mol. The SMILES string of the molecule is COc1c(Cl)cc(Cl)cc1NCCN. The van der Waals surface area contributed by atoms with Crippen LogP contribution >= 0.6 is 23.2 Å². The first-order valence-corrected chi connectivity index (χ1v) is 4.91. The minimum Gasteiger partial charge on any atom is -0.493 e. The summed E-state index contributed by atoms with van der Waals surface area (Å²) in [5.41, 5.74) is 6.13. The molecule has 0 aliphatic carbocycles. The van der Waals surface area contributed by atoms with Gasteiger partial charge in [-0.05, 0) is 12.1 Å². The lowest BCUT2D eigenvalue weighted by atomic mass is 10.3. The monoisotopic (exact) mass is 234 g/mol. The number of benzene rings is 1. The van der Waals surface area contributed by atoms with Crippen LogP contribution in [0.1, 0.15) is 0 Å². The first-order chi connectivity index (χ1) is 6.69. The molecule has 0 saturated heterocycles. The molecule has 1 rings (SSSR count). The molecule has 0 aliphatic rings. The van der Waals surface area contributed by atoms with Gasteiger partial charge >= 0.3 is 0 Å². The molecule has 0 saturated carbocycles. The van der Waals surface area contributed by atoms with Crippen LogP contribution in [0.3, 0.4) is 0 Å². The highest BCUT2D eigenvalue weighted by Crippen LogP contribution is 2.35. The Labute approximate surface area is 93.1 Å². The molecule has 0 aromatic heterocycles. The number of nitrogens with two attached hydrogens (primary N) is 1. The molecule has 1 aromatic rings. The number of methoxy groups -OCH3 is 1. The van der Waals surface area contributed by atoms with Crippen molar-refractivity contribution >= 4 is 28.9 Å². The number of hydrogen-bond acceptors (Lipinski definition) is 3. The third-order valence-electron chi connectivity index (χ3n) is 1.67. The summed E-state index contributed by atoms with van der Waals surface area (Å²) in [4.78, 5) is 0. The van der Waals surface area contributed by atoms with Crippen LogP contribution in [0.25, 0.3) is 0 Å². The van der Waals surface area contributed by atoms with E-state index in [1.807, 2.05) is 0 Å². The van der Waals surface area contributed by atoms with Crippen LogP contribution < -0.4 is 15.8 Å². The molecule has 0 atom stereocenters. The first-order valence-electron chi connectivity index (χ1n) is 4.16. The van der Waals surface area contributed by atoms with E-state index in [0.29, 0.717) is 28.9 Å². The van der Waals surface area contributed by atoms with Gasteiger partial charge in [-0.1, -0.05) is 23.2 Å². The first kappa shape index (κ1) is 11.4. The molecule has 0 fully saturated rings. The predicted octanol–water partition coefficient (Wildman–Crippen LogP) is 2.37. The van der Waals surface area contributed by atoms with Crippen molar-refractivity contribution in [2.45, 2.75) is 0 Å². The molecule has 0 amide bonds. The van der Waals surface area contributed by atoms with Crippen molar-refractivity contribution in [3.8, 4) is 5.75 Å². The summed E-state index contributed by atoms with van der Waals surface area (Å²) < 4.78 is 5.13. The number of nitrogens with one attached hydrogen (secondary N) is 1. The van der Waals surface area contributed by atoms with Gasteiger partial charge in [-0.3, -0.25) is 0 Å². The summed E-state index contributed by atoms with van der Waals surface area (Å²) in [6.45, 7) is 1.18. The zero-order valence-corrected chi connectivity index (χ0v) is 9.32. The van der Waals surface area contributed by atoms with Gasteiger partial charge in [-0.15, -0.1) is 0 Å². The van der Waals surface area contributed by atoms with E-state index >= 15 is 0 Å². The maximum atomic E-state index is 5.93. The van der Waals surface area contributed by atoms with E-state index in [9.17, 15) is 0 Å². The van der Waals surface area contributed by atoms with Gasteiger partial charge in [0.25, 0.3) is 0 Å². The molecule has 0 aliphatic heterocycles. The minimum atomic E-state index is 0.486. The molecule has 0 spiro atoms. The lowest BCUT2D eigenvalue weighted by molar-refractivity contribution is 0.416. The van der Waals surface area contributed by atoms with Crippen LogP contribution in [0, 0.1) is 0 Å². The summed E-state index contributed by atoms with van der Waals surface area (Å²) in [5, 5.41) is 4.13. The summed E-state index contributed by atoms with van der Waals surface area (Å²) in [6.07, 6.45) is 0. The Kier molecular flexibility index (Phi) is 4.32. The van der Waals surface area contributed by atoms with Crippen LogP contribution in [-0.4, -0.2) is 20.2 Å². The summed E-state index contributed by atoms with van der Waals surface area (Å²) in [7, 11) is 1.56. The molecule has 0 unspecified atom stereocenters. The van der Waals surface area contributed by atoms with E-state index in [2.05, 4.69) is 5.32 Å². The molecule has 0 heterocycles. The van der Waals surface area contributed by atoms with Crippen LogP contribution in [0.2, 0.25) is 10.0 Å². The number of halogens is 2. The Morgan fingerprint density at radius 1 is 1.43 bits per heavy atom. The van der Waals surface area contributed by atoms with Crippen molar-refractivity contribution in [1.82, 2.24) is 0 Å². The van der Waals surface area contributed by atoms with Gasteiger partial charge in [-0.25, -0.2) is 0 Å². The van der Waals surface area contributed by atoms with E-state index in [-0.39, 0.29) is 0 Å². The Morgan fingerprint density at radius 3 is 2.71 bits per heavy atom. The van der Waals surface area contributed by atoms with Crippen molar-refractivity contribution in [3.63, 3.8) is 0 Å². The summed E-state index contributed by atoms with van der Waals surface area (Å²) in [6, 6.07) is 3.39. The van der Waals surface area contributed by atoms with Crippen molar-refractivity contribution in [2.24, 2.45) is 5.73 Å². The number of rotatable bonds is 4. The van der Waals surface area contributed by atoms with Gasteiger partial charge in [0.2, 0.25) is 0 Å². The smallest absolute Gasteiger partial charge is 0.160 e. The van der Waals surface area contributed by atoms with Gasteiger partial charge in [0.1, 0.15) is 0 Å². The van der Waals surface area contributed by atoms with Gasteiger partial charge in [0.15, 0.2) is 5.75 Å². The van der Waals surface area contributed by atoms with Gasteiger partial charge in [-0.2, -0.15) is 0 Å². The standard InChI is InChI=1S/C9H12Cl2N2O/c1-14-9-7(11)4-6(10)5-8(9)13-3-2-12/h4-5,13H,2-3,12H2,1H3. The number of ether oxygens (including phenoxy) is 1. The molecule has 3 N–H and O–H groups in total. The molecule has 3 nitrogen and oxygen atoms in total. The predicted molar refractivity (Wildman–Crippen MR) is 60.6 cm³/mol. The lowest BCUT2D eigenvalue weighted by Gasteiger charge is -2.12. The zero-order chi connectivity index (χ0) is 10.6. The second-order valence-electron chi connectivity index (χ2n) is 2.68. The fraction of sp³-hybridized carbons (Fsp3) is 0.333. The average Bonchev–Trinajstić information content (AvgIpc) is 2.14. The molecule has 0 radical (unpaired) electrons. The number of anilines is 1. The second-order valence-corrected chi connectivity index (χ2v) is 3.53. The Balaban J connectivity index is 2.99. The van der Waals surface area contributed by atoms with E-state index in [1.165, 1.54) is 0 Å². The molecule has 1 aromatic carbocycles. The topological polar surface area (TPSA) is 47.3 Å². The third kappa shape index (κ3) is 2.67. The Morgan fingerprint density at radius 2 is 2.14 bits per heavy atom. The fourth-order valence-electron chi connectivity index (χ4n) is 1.11. The molecule has 5 heteroatoms. The van der Waals surface area contributed by atoms with Crippen molar-refractivity contribution < 1.29 is 4.74 Å². The maximum Gasteiger partial charge on any atom is 0.160 e. The molecular weight excluding hydrogens is 223 g/mol. The van der Waals surface area contributed by atoms with Crippen LogP contribution in [0.15, 0.2) is 12.1 Å². The quantitative estimate of drug-likeness (QED) is 0.842. The summed E-state index contributed by atoms with van der Waals surface area (Å²) >= 11 is 11.8. The van der Waals surface area contributed by atoms with Crippen molar-refractivity contribution in [2.75, 3.05) is 25.5 Å². The van der Waals surface area contributed by atoms with Gasteiger partial charge < -0.3 is 15.8 Å². The molecular formula is C9H12Cl2N2O. The number of hydrogen-bond donors (Lipinski definition) is 2. The lowest BCUT2D eigenvalue weighted by Crippen LogP contribution is -2.13. The maximum absolute atomic E-state index is 5.93. The third-order valence-corrected chi connectivity index (χ3v) is 2.17. The largest absolute Gasteiger partial charge is 0.493 e. The highest BCUT2D eigenvalue weighted by atomic mass is 35.5. The van der Waals surface area contributed by atoms with Gasteiger partial charge in [0, 0.05) is 18.1 Å². The van der Waals surface area contributed by atoms with E-state index in [0.717, 1.165) is 5.69 Å².